The van der Waals surface area contributed by atoms with Gasteiger partial charge >= 0.3 is 0 Å². The molecule has 3 aromatic rings. The monoisotopic (exact) mass is 440 g/mol. The molecule has 0 saturated carbocycles. The lowest BCUT2D eigenvalue weighted by Crippen LogP contribution is -2.29. The van der Waals surface area contributed by atoms with Crippen molar-refractivity contribution in [3.05, 3.63) is 95.3 Å². The molecule has 1 unspecified atom stereocenters. The van der Waals surface area contributed by atoms with Crippen molar-refractivity contribution >= 4 is 21.6 Å². The molecule has 0 heterocycles. The average Bonchev–Trinajstić information content (AvgIpc) is 2.78. The Morgan fingerprint density at radius 1 is 1.03 bits per heavy atom. The van der Waals surface area contributed by atoms with Crippen LogP contribution in [-0.2, 0) is 10.0 Å². The number of hydrogen-bond acceptors (Lipinski definition) is 3. The minimum atomic E-state index is -3.92. The minimum absolute atomic E-state index is 0.0182. The van der Waals surface area contributed by atoms with Crippen LogP contribution in [-0.4, -0.2) is 21.4 Å². The van der Waals surface area contributed by atoms with E-state index in [1.54, 1.807) is 6.07 Å². The number of nitrogens with one attached hydrogen (secondary N) is 1. The van der Waals surface area contributed by atoms with Crippen LogP contribution in [0.5, 0.6) is 0 Å². The highest BCUT2D eigenvalue weighted by atomic mass is 32.2. The molecule has 31 heavy (non-hydrogen) atoms. The molecule has 1 amide bonds. The van der Waals surface area contributed by atoms with Crippen molar-refractivity contribution in [3.8, 4) is 0 Å². The fourth-order valence-corrected chi connectivity index (χ4v) is 4.45. The Morgan fingerprint density at radius 3 is 2.29 bits per heavy atom. The van der Waals surface area contributed by atoms with E-state index in [-0.39, 0.29) is 22.4 Å². The molecule has 0 spiro atoms. The zero-order chi connectivity index (χ0) is 22.6. The highest BCUT2D eigenvalue weighted by molar-refractivity contribution is 7.92. The lowest BCUT2D eigenvalue weighted by atomic mass is 10.0. The van der Waals surface area contributed by atoms with Crippen molar-refractivity contribution in [2.45, 2.75) is 31.2 Å². The number of amides is 1. The Morgan fingerprint density at radius 2 is 1.68 bits per heavy atom. The van der Waals surface area contributed by atoms with Crippen LogP contribution in [0.3, 0.4) is 0 Å². The maximum atomic E-state index is 13.2. The smallest absolute Gasteiger partial charge is 0.264 e. The van der Waals surface area contributed by atoms with Crippen molar-refractivity contribution in [2.75, 3.05) is 11.4 Å². The van der Waals surface area contributed by atoms with Gasteiger partial charge in [-0.2, -0.15) is 0 Å². The highest BCUT2D eigenvalue weighted by Crippen LogP contribution is 2.24. The van der Waals surface area contributed by atoms with Gasteiger partial charge in [-0.15, -0.1) is 0 Å². The molecule has 3 rings (SSSR count). The Kier molecular flexibility index (Phi) is 6.75. The number of anilines is 1. The lowest BCUT2D eigenvalue weighted by Gasteiger charge is -2.20. The second kappa shape index (κ2) is 9.31. The van der Waals surface area contributed by atoms with E-state index >= 15 is 0 Å². The maximum Gasteiger partial charge on any atom is 0.264 e. The Hall–Kier alpha value is -3.19. The van der Waals surface area contributed by atoms with Crippen molar-refractivity contribution in [1.82, 2.24) is 5.32 Å². The molecule has 0 aliphatic carbocycles. The number of carbonyl (C=O) groups is 1. The van der Waals surface area contributed by atoms with Crippen LogP contribution in [0, 0.1) is 12.7 Å². The Bertz CT molecular complexity index is 1160. The Labute approximate surface area is 182 Å². The van der Waals surface area contributed by atoms with Gasteiger partial charge in [0.2, 0.25) is 0 Å². The molecule has 0 aliphatic rings. The molecule has 0 fully saturated rings. The molecular formula is C24H25FN2O3S. The molecule has 7 heteroatoms. The first kappa shape index (κ1) is 22.5. The van der Waals surface area contributed by atoms with Crippen LogP contribution in [0.4, 0.5) is 10.1 Å². The van der Waals surface area contributed by atoms with Crippen molar-refractivity contribution in [2.24, 2.45) is 0 Å². The second-order valence-corrected chi connectivity index (χ2v) is 9.29. The zero-order valence-electron chi connectivity index (χ0n) is 17.7. The Balaban J connectivity index is 1.83. The average molecular weight is 441 g/mol. The standard InChI is InChI=1S/C24H25FN2O3S/c1-4-23(18-10-8-17(2)9-11-18)26-24(28)19-6-5-7-22(16-19)31(29,30)27(3)21-14-12-20(25)13-15-21/h5-16,23H,4H2,1-3H3,(H,26,28). The van der Waals surface area contributed by atoms with Gasteiger partial charge in [-0.25, -0.2) is 12.8 Å². The number of rotatable bonds is 7. The van der Waals surface area contributed by atoms with Gasteiger partial charge < -0.3 is 5.32 Å². The molecule has 1 N–H and O–H groups in total. The first-order valence-corrected chi connectivity index (χ1v) is 11.4. The molecule has 1 atom stereocenters. The van der Waals surface area contributed by atoms with Gasteiger partial charge in [-0.1, -0.05) is 42.8 Å². The predicted octanol–water partition coefficient (Wildman–Crippen LogP) is 4.84. The normalized spacial score (nSPS) is 12.3. The van der Waals surface area contributed by atoms with Gasteiger partial charge in [0.15, 0.2) is 0 Å². The van der Waals surface area contributed by atoms with E-state index in [1.165, 1.54) is 49.5 Å². The third-order valence-electron chi connectivity index (χ3n) is 5.14. The van der Waals surface area contributed by atoms with Gasteiger partial charge in [0.25, 0.3) is 15.9 Å². The summed E-state index contributed by atoms with van der Waals surface area (Å²) in [7, 11) is -2.53. The summed E-state index contributed by atoms with van der Waals surface area (Å²) in [4.78, 5) is 12.8. The third-order valence-corrected chi connectivity index (χ3v) is 6.92. The second-order valence-electron chi connectivity index (χ2n) is 7.32. The topological polar surface area (TPSA) is 66.5 Å². The van der Waals surface area contributed by atoms with Gasteiger partial charge in [-0.05, 0) is 61.4 Å². The van der Waals surface area contributed by atoms with Gasteiger partial charge in [0.1, 0.15) is 5.82 Å². The van der Waals surface area contributed by atoms with E-state index in [1.807, 2.05) is 38.1 Å². The van der Waals surface area contributed by atoms with E-state index in [4.69, 9.17) is 0 Å². The molecule has 5 nitrogen and oxygen atoms in total. The largest absolute Gasteiger partial charge is 0.345 e. The SMILES string of the molecule is CCC(NC(=O)c1cccc(S(=O)(=O)N(C)c2ccc(F)cc2)c1)c1ccc(C)cc1. The predicted molar refractivity (Wildman–Crippen MR) is 120 cm³/mol. The summed E-state index contributed by atoms with van der Waals surface area (Å²) in [6.07, 6.45) is 0.695. The molecule has 0 aromatic heterocycles. The van der Waals surface area contributed by atoms with Gasteiger partial charge in [0, 0.05) is 12.6 Å². The number of nitrogens with zero attached hydrogens (tertiary/aromatic N) is 1. The van der Waals surface area contributed by atoms with Gasteiger partial charge in [-0.3, -0.25) is 9.10 Å². The number of hydrogen-bond donors (Lipinski definition) is 1. The van der Waals surface area contributed by atoms with Crippen LogP contribution in [0.25, 0.3) is 0 Å². The fraction of sp³-hybridized carbons (Fsp3) is 0.208. The summed E-state index contributed by atoms with van der Waals surface area (Å²) in [5.41, 5.74) is 2.69. The van der Waals surface area contributed by atoms with E-state index in [2.05, 4.69) is 5.32 Å². The first-order valence-electron chi connectivity index (χ1n) is 9.94. The third kappa shape index (κ3) is 5.11. The molecule has 3 aromatic carbocycles. The molecule has 0 saturated heterocycles. The van der Waals surface area contributed by atoms with Crippen LogP contribution in [0.15, 0.2) is 77.7 Å². The quantitative estimate of drug-likeness (QED) is 0.572. The van der Waals surface area contributed by atoms with E-state index in [9.17, 15) is 17.6 Å². The molecule has 0 bridgehead atoms. The summed E-state index contributed by atoms with van der Waals surface area (Å²) in [5.74, 6) is -0.804. The summed E-state index contributed by atoms with van der Waals surface area (Å²) in [6.45, 7) is 3.97. The zero-order valence-corrected chi connectivity index (χ0v) is 18.5. The van der Waals surface area contributed by atoms with Crippen LogP contribution < -0.4 is 9.62 Å². The van der Waals surface area contributed by atoms with Crippen LogP contribution in [0.2, 0.25) is 0 Å². The number of carbonyl (C=O) groups excluding carboxylic acids is 1. The molecule has 0 aliphatic heterocycles. The first-order chi connectivity index (χ1) is 14.7. The van der Waals surface area contributed by atoms with Gasteiger partial charge in [0.05, 0.1) is 16.6 Å². The number of aryl methyl sites for hydroxylation is 1. The molecule has 0 radical (unpaired) electrons. The highest BCUT2D eigenvalue weighted by Gasteiger charge is 2.23. The number of benzene rings is 3. The van der Waals surface area contributed by atoms with E-state index in [0.29, 0.717) is 12.1 Å². The number of halogens is 1. The fourth-order valence-electron chi connectivity index (χ4n) is 3.21. The molecular weight excluding hydrogens is 415 g/mol. The number of sulfonamides is 1. The van der Waals surface area contributed by atoms with Crippen molar-refractivity contribution in [1.29, 1.82) is 0 Å². The molecule has 162 valence electrons. The summed E-state index contributed by atoms with van der Waals surface area (Å²) >= 11 is 0. The lowest BCUT2D eigenvalue weighted by molar-refractivity contribution is 0.0935. The summed E-state index contributed by atoms with van der Waals surface area (Å²) in [5, 5.41) is 2.98. The van der Waals surface area contributed by atoms with Crippen LogP contribution in [0.1, 0.15) is 40.9 Å². The maximum absolute atomic E-state index is 13.2. The summed E-state index contributed by atoms with van der Waals surface area (Å²) in [6, 6.07) is 18.8. The van der Waals surface area contributed by atoms with Crippen molar-refractivity contribution < 1.29 is 17.6 Å². The van der Waals surface area contributed by atoms with E-state index < -0.39 is 15.8 Å². The summed E-state index contributed by atoms with van der Waals surface area (Å²) < 4.78 is 40.3. The minimum Gasteiger partial charge on any atom is -0.345 e. The van der Waals surface area contributed by atoms with Crippen LogP contribution >= 0.6 is 0 Å². The van der Waals surface area contributed by atoms with Crippen molar-refractivity contribution in [3.63, 3.8) is 0 Å². The van der Waals surface area contributed by atoms with E-state index in [0.717, 1.165) is 15.4 Å².